The van der Waals surface area contributed by atoms with Crippen LogP contribution in [0.25, 0.3) is 0 Å². The Morgan fingerprint density at radius 1 is 1.18 bits per heavy atom. The molecule has 17 heavy (non-hydrogen) atoms. The molecule has 88 valence electrons. The number of nitrogens with one attached hydrogen (secondary N) is 1. The maximum absolute atomic E-state index is 6.10. The maximum atomic E-state index is 6.10. The van der Waals surface area contributed by atoms with Crippen molar-refractivity contribution in [2.24, 2.45) is 0 Å². The molecular weight excluding hydrogens is 275 g/mol. The minimum Gasteiger partial charge on any atom is -0.373 e. The molecule has 1 heterocycles. The lowest BCUT2D eigenvalue weighted by Gasteiger charge is -2.05. The molecule has 0 aliphatic rings. The van der Waals surface area contributed by atoms with Crippen LogP contribution in [0.2, 0.25) is 10.0 Å². The predicted molar refractivity (Wildman–Crippen MR) is 74.4 cm³/mol. The molecule has 2 nitrogen and oxygen atoms in total. The van der Waals surface area contributed by atoms with Gasteiger partial charge in [-0.25, -0.2) is 4.98 Å². The van der Waals surface area contributed by atoms with Gasteiger partial charge in [-0.05, 0) is 30.3 Å². The number of hydrogen-bond acceptors (Lipinski definition) is 3. The number of rotatable bonds is 3. The van der Waals surface area contributed by atoms with E-state index in [9.17, 15) is 0 Å². The summed E-state index contributed by atoms with van der Waals surface area (Å²) in [6.45, 7) is 0. The molecule has 0 spiro atoms. The first-order chi connectivity index (χ1) is 8.19. The topological polar surface area (TPSA) is 24.9 Å². The number of aromatic nitrogens is 1. The van der Waals surface area contributed by atoms with Crippen LogP contribution in [0.4, 0.5) is 5.82 Å². The Hall–Kier alpha value is -0.900. The second-order valence-electron chi connectivity index (χ2n) is 3.29. The third-order valence-corrected chi connectivity index (χ3v) is 3.76. The minimum absolute atomic E-state index is 0.668. The average Bonchev–Trinajstić information content (AvgIpc) is 2.34. The van der Waals surface area contributed by atoms with Gasteiger partial charge in [0.05, 0.1) is 5.02 Å². The molecule has 1 aromatic heterocycles. The first-order valence-electron chi connectivity index (χ1n) is 4.97. The molecule has 0 unspecified atom stereocenters. The van der Waals surface area contributed by atoms with Crippen LogP contribution in [-0.2, 0) is 0 Å². The molecule has 0 aliphatic heterocycles. The first kappa shape index (κ1) is 12.6. The van der Waals surface area contributed by atoms with Crippen LogP contribution in [0.1, 0.15) is 0 Å². The van der Waals surface area contributed by atoms with E-state index in [1.165, 1.54) is 11.8 Å². The molecule has 0 radical (unpaired) electrons. The highest BCUT2D eigenvalue weighted by Gasteiger charge is 2.05. The SMILES string of the molecule is CNc1cccc(Sc2cc(Cl)ccc2Cl)n1. The van der Waals surface area contributed by atoms with Crippen molar-refractivity contribution in [3.8, 4) is 0 Å². The molecule has 0 saturated carbocycles. The van der Waals surface area contributed by atoms with Crippen molar-refractivity contribution in [2.45, 2.75) is 9.92 Å². The standard InChI is InChI=1S/C12H10Cl2N2S/c1-15-11-3-2-4-12(16-11)17-10-7-8(13)5-6-9(10)14/h2-7H,1H3,(H,15,16). The lowest BCUT2D eigenvalue weighted by Crippen LogP contribution is -1.92. The fraction of sp³-hybridized carbons (Fsp3) is 0.0833. The zero-order valence-electron chi connectivity index (χ0n) is 9.08. The number of anilines is 1. The molecule has 2 rings (SSSR count). The summed E-state index contributed by atoms with van der Waals surface area (Å²) in [5.74, 6) is 0.827. The Morgan fingerprint density at radius 3 is 2.76 bits per heavy atom. The minimum atomic E-state index is 0.668. The molecule has 0 fully saturated rings. The van der Waals surface area contributed by atoms with Gasteiger partial charge in [0, 0.05) is 17.0 Å². The summed E-state index contributed by atoms with van der Waals surface area (Å²) in [6.07, 6.45) is 0. The first-order valence-corrected chi connectivity index (χ1v) is 6.54. The van der Waals surface area contributed by atoms with E-state index in [1.54, 1.807) is 12.1 Å². The van der Waals surface area contributed by atoms with Crippen LogP contribution in [0.5, 0.6) is 0 Å². The molecule has 0 bridgehead atoms. The normalized spacial score (nSPS) is 10.3. The second kappa shape index (κ2) is 5.63. The van der Waals surface area contributed by atoms with E-state index >= 15 is 0 Å². The summed E-state index contributed by atoms with van der Waals surface area (Å²) in [4.78, 5) is 5.31. The number of pyridine rings is 1. The molecule has 0 amide bonds. The van der Waals surface area contributed by atoms with Crippen LogP contribution in [0.3, 0.4) is 0 Å². The largest absolute Gasteiger partial charge is 0.373 e. The van der Waals surface area contributed by atoms with Gasteiger partial charge in [0.1, 0.15) is 10.8 Å². The monoisotopic (exact) mass is 284 g/mol. The van der Waals surface area contributed by atoms with E-state index in [4.69, 9.17) is 23.2 Å². The van der Waals surface area contributed by atoms with Crippen molar-refractivity contribution < 1.29 is 0 Å². The van der Waals surface area contributed by atoms with E-state index in [2.05, 4.69) is 10.3 Å². The van der Waals surface area contributed by atoms with Crippen molar-refractivity contribution in [3.63, 3.8) is 0 Å². The Labute approximate surface area is 114 Å². The van der Waals surface area contributed by atoms with Gasteiger partial charge in [-0.1, -0.05) is 41.0 Å². The van der Waals surface area contributed by atoms with E-state index in [0.717, 1.165) is 15.7 Å². The Morgan fingerprint density at radius 2 is 2.00 bits per heavy atom. The summed E-state index contributed by atoms with van der Waals surface area (Å²) in [5, 5.41) is 5.22. The number of benzene rings is 1. The maximum Gasteiger partial charge on any atom is 0.127 e. The summed E-state index contributed by atoms with van der Waals surface area (Å²) in [7, 11) is 1.84. The van der Waals surface area contributed by atoms with Crippen molar-refractivity contribution in [1.82, 2.24) is 4.98 Å². The highest BCUT2D eigenvalue weighted by Crippen LogP contribution is 2.34. The Bertz CT molecular complexity index is 532. The fourth-order valence-electron chi connectivity index (χ4n) is 1.28. The van der Waals surface area contributed by atoms with Crippen LogP contribution in [0.15, 0.2) is 46.3 Å². The Kier molecular flexibility index (Phi) is 4.15. The smallest absolute Gasteiger partial charge is 0.127 e. The van der Waals surface area contributed by atoms with Crippen LogP contribution in [0, 0.1) is 0 Å². The molecular formula is C12H10Cl2N2S. The molecule has 1 N–H and O–H groups in total. The van der Waals surface area contributed by atoms with Gasteiger partial charge < -0.3 is 5.32 Å². The Balaban J connectivity index is 2.27. The van der Waals surface area contributed by atoms with Gasteiger partial charge in [0.2, 0.25) is 0 Å². The van der Waals surface area contributed by atoms with E-state index < -0.39 is 0 Å². The van der Waals surface area contributed by atoms with Gasteiger partial charge in [0.15, 0.2) is 0 Å². The van der Waals surface area contributed by atoms with Gasteiger partial charge in [-0.15, -0.1) is 0 Å². The molecule has 1 aromatic carbocycles. The van der Waals surface area contributed by atoms with Crippen molar-refractivity contribution in [1.29, 1.82) is 0 Å². The van der Waals surface area contributed by atoms with Crippen LogP contribution in [-0.4, -0.2) is 12.0 Å². The van der Waals surface area contributed by atoms with E-state index in [-0.39, 0.29) is 0 Å². The van der Waals surface area contributed by atoms with Gasteiger partial charge in [-0.2, -0.15) is 0 Å². The summed E-state index contributed by atoms with van der Waals surface area (Å²) in [6, 6.07) is 11.2. The average molecular weight is 285 g/mol. The quantitative estimate of drug-likeness (QED) is 0.893. The molecule has 0 saturated heterocycles. The molecule has 0 atom stereocenters. The van der Waals surface area contributed by atoms with Gasteiger partial charge >= 0.3 is 0 Å². The van der Waals surface area contributed by atoms with Crippen molar-refractivity contribution in [3.05, 3.63) is 46.4 Å². The van der Waals surface area contributed by atoms with E-state index in [1.807, 2.05) is 31.3 Å². The number of hydrogen-bond donors (Lipinski definition) is 1. The predicted octanol–water partition coefficient (Wildman–Crippen LogP) is 4.58. The molecule has 0 aliphatic carbocycles. The highest BCUT2D eigenvalue weighted by atomic mass is 35.5. The van der Waals surface area contributed by atoms with Crippen molar-refractivity contribution in [2.75, 3.05) is 12.4 Å². The fourth-order valence-corrected chi connectivity index (χ4v) is 2.62. The van der Waals surface area contributed by atoms with E-state index in [0.29, 0.717) is 10.0 Å². The third kappa shape index (κ3) is 3.28. The zero-order chi connectivity index (χ0) is 12.3. The summed E-state index contributed by atoms with van der Waals surface area (Å²) < 4.78 is 0. The summed E-state index contributed by atoms with van der Waals surface area (Å²) >= 11 is 13.5. The lowest BCUT2D eigenvalue weighted by atomic mass is 10.4. The lowest BCUT2D eigenvalue weighted by molar-refractivity contribution is 1.12. The molecule has 2 aromatic rings. The van der Waals surface area contributed by atoms with Gasteiger partial charge in [-0.3, -0.25) is 0 Å². The molecule has 5 heteroatoms. The third-order valence-electron chi connectivity index (χ3n) is 2.09. The summed E-state index contributed by atoms with van der Waals surface area (Å²) in [5.41, 5.74) is 0. The zero-order valence-corrected chi connectivity index (χ0v) is 11.4. The number of halogens is 2. The van der Waals surface area contributed by atoms with Crippen molar-refractivity contribution >= 4 is 40.8 Å². The second-order valence-corrected chi connectivity index (χ2v) is 5.19. The van der Waals surface area contributed by atoms with Gasteiger partial charge in [0.25, 0.3) is 0 Å². The number of nitrogens with zero attached hydrogens (tertiary/aromatic N) is 1. The van der Waals surface area contributed by atoms with Crippen LogP contribution < -0.4 is 5.32 Å². The highest BCUT2D eigenvalue weighted by molar-refractivity contribution is 7.99. The van der Waals surface area contributed by atoms with Crippen LogP contribution >= 0.6 is 35.0 Å².